The Balaban J connectivity index is 3.71. The van der Waals surface area contributed by atoms with Crippen LogP contribution in [0.1, 0.15) is 64.7 Å². The minimum Gasteiger partial charge on any atom is -0.481 e. The van der Waals surface area contributed by atoms with Crippen molar-refractivity contribution in [1.82, 2.24) is 0 Å². The van der Waals surface area contributed by atoms with Gasteiger partial charge in [0.05, 0.1) is 12.8 Å². The molecule has 0 aromatic carbocycles. The summed E-state index contributed by atoms with van der Waals surface area (Å²) in [5, 5.41) is 27.0. The zero-order valence-electron chi connectivity index (χ0n) is 14.4. The molecule has 2 unspecified atom stereocenters. The number of hydrogen-bond acceptors (Lipinski definition) is 5. The second kappa shape index (κ2) is 14.9. The highest BCUT2D eigenvalue weighted by Gasteiger charge is 2.22. The molecule has 0 amide bonds. The Labute approximate surface area is 143 Å². The predicted molar refractivity (Wildman–Crippen MR) is 91.2 cm³/mol. The van der Waals surface area contributed by atoms with Gasteiger partial charge in [0.15, 0.2) is 0 Å². The number of hydrogen-bond donors (Lipinski definition) is 3. The normalized spacial score (nSPS) is 14.1. The Morgan fingerprint density at radius 1 is 1.00 bits per heavy atom. The van der Waals surface area contributed by atoms with Crippen LogP contribution < -0.4 is 0 Å². The van der Waals surface area contributed by atoms with Crippen LogP contribution in [0.2, 0.25) is 0 Å². The molecule has 138 valence electrons. The van der Waals surface area contributed by atoms with E-state index in [1.165, 1.54) is 32.1 Å². The molecular formula is C18H30O6. The quantitative estimate of drug-likeness (QED) is 0.194. The third-order valence-corrected chi connectivity index (χ3v) is 3.33. The van der Waals surface area contributed by atoms with Gasteiger partial charge in [-0.15, -0.1) is 0 Å². The number of esters is 1. The van der Waals surface area contributed by atoms with E-state index in [9.17, 15) is 19.8 Å². The lowest BCUT2D eigenvalue weighted by molar-refractivity contribution is -0.189. The molecule has 0 spiro atoms. The highest BCUT2D eigenvalue weighted by Crippen LogP contribution is 2.06. The number of carboxylic acids is 1. The fraction of sp³-hybridized carbons (Fsp3) is 0.667. The van der Waals surface area contributed by atoms with Crippen molar-refractivity contribution in [2.75, 3.05) is 0 Å². The second-order valence-corrected chi connectivity index (χ2v) is 5.63. The van der Waals surface area contributed by atoms with Gasteiger partial charge in [-0.2, -0.15) is 0 Å². The molecule has 0 aliphatic carbocycles. The molecule has 0 saturated carbocycles. The Morgan fingerprint density at radius 3 is 2.33 bits per heavy atom. The molecule has 0 saturated heterocycles. The molecular weight excluding hydrogens is 312 g/mol. The summed E-state index contributed by atoms with van der Waals surface area (Å²) in [5.74, 6) is -2.00. The number of carbonyl (C=O) groups excluding carboxylic acids is 1. The molecule has 0 aromatic heterocycles. The van der Waals surface area contributed by atoms with Gasteiger partial charge in [0.1, 0.15) is 6.10 Å². The van der Waals surface area contributed by atoms with Crippen molar-refractivity contribution in [3.05, 3.63) is 24.3 Å². The molecule has 24 heavy (non-hydrogen) atoms. The molecule has 0 heterocycles. The van der Waals surface area contributed by atoms with Crippen molar-refractivity contribution in [2.45, 2.75) is 77.1 Å². The third kappa shape index (κ3) is 14.0. The third-order valence-electron chi connectivity index (χ3n) is 3.33. The maximum absolute atomic E-state index is 11.4. The SMILES string of the molecule is CCCCCCCC=CCC=CCC(=O)OC(O)C(O)CC(=O)O. The summed E-state index contributed by atoms with van der Waals surface area (Å²) >= 11 is 0. The Bertz CT molecular complexity index is 402. The summed E-state index contributed by atoms with van der Waals surface area (Å²) in [6.45, 7) is 2.20. The number of rotatable bonds is 14. The van der Waals surface area contributed by atoms with E-state index < -0.39 is 30.8 Å². The Kier molecular flexibility index (Phi) is 13.9. The molecule has 0 aromatic rings. The van der Waals surface area contributed by atoms with Gasteiger partial charge in [-0.25, -0.2) is 0 Å². The maximum Gasteiger partial charge on any atom is 0.312 e. The summed E-state index contributed by atoms with van der Waals surface area (Å²) < 4.78 is 4.54. The van der Waals surface area contributed by atoms with Crippen molar-refractivity contribution < 1.29 is 29.6 Å². The Hall–Kier alpha value is -1.66. The van der Waals surface area contributed by atoms with Gasteiger partial charge in [0, 0.05) is 0 Å². The predicted octanol–water partition coefficient (Wildman–Crippen LogP) is 2.94. The molecule has 6 nitrogen and oxygen atoms in total. The maximum atomic E-state index is 11.4. The number of carbonyl (C=O) groups is 2. The lowest BCUT2D eigenvalue weighted by atomic mass is 10.1. The summed E-state index contributed by atoms with van der Waals surface area (Å²) in [5.41, 5.74) is 0. The van der Waals surface area contributed by atoms with E-state index >= 15 is 0 Å². The number of ether oxygens (including phenoxy) is 1. The molecule has 6 heteroatoms. The van der Waals surface area contributed by atoms with Crippen molar-refractivity contribution in [2.24, 2.45) is 0 Å². The van der Waals surface area contributed by atoms with Gasteiger partial charge < -0.3 is 20.1 Å². The van der Waals surface area contributed by atoms with E-state index in [1.807, 2.05) is 12.2 Å². The average Bonchev–Trinajstić information content (AvgIpc) is 2.51. The van der Waals surface area contributed by atoms with Crippen LogP contribution in [0.15, 0.2) is 24.3 Å². The lowest BCUT2D eigenvalue weighted by Crippen LogP contribution is -2.32. The van der Waals surface area contributed by atoms with E-state index in [4.69, 9.17) is 5.11 Å². The monoisotopic (exact) mass is 342 g/mol. The Morgan fingerprint density at radius 2 is 1.67 bits per heavy atom. The zero-order chi connectivity index (χ0) is 18.2. The van der Waals surface area contributed by atoms with Crippen LogP contribution >= 0.6 is 0 Å². The van der Waals surface area contributed by atoms with Gasteiger partial charge in [0.2, 0.25) is 6.29 Å². The number of allylic oxidation sites excluding steroid dienone is 3. The van der Waals surface area contributed by atoms with Crippen molar-refractivity contribution in [3.63, 3.8) is 0 Å². The highest BCUT2D eigenvalue weighted by molar-refractivity contribution is 5.71. The van der Waals surface area contributed by atoms with Crippen LogP contribution in [0.3, 0.4) is 0 Å². The van der Waals surface area contributed by atoms with E-state index in [0.717, 1.165) is 6.42 Å². The molecule has 0 aliphatic rings. The summed E-state index contributed by atoms with van der Waals surface area (Å²) in [6, 6.07) is 0. The lowest BCUT2D eigenvalue weighted by Gasteiger charge is -2.15. The first-order valence-electron chi connectivity index (χ1n) is 8.54. The first-order valence-corrected chi connectivity index (χ1v) is 8.54. The van der Waals surface area contributed by atoms with Gasteiger partial charge in [-0.1, -0.05) is 56.9 Å². The summed E-state index contributed by atoms with van der Waals surface area (Å²) in [6.07, 6.45) is 11.5. The average molecular weight is 342 g/mol. The van der Waals surface area contributed by atoms with E-state index in [1.54, 1.807) is 6.08 Å². The summed E-state index contributed by atoms with van der Waals surface area (Å²) in [7, 11) is 0. The van der Waals surface area contributed by atoms with Crippen LogP contribution in [0, 0.1) is 0 Å². The van der Waals surface area contributed by atoms with E-state index in [-0.39, 0.29) is 6.42 Å². The van der Waals surface area contributed by atoms with Crippen LogP contribution in [0.25, 0.3) is 0 Å². The van der Waals surface area contributed by atoms with Gasteiger partial charge in [-0.05, 0) is 19.3 Å². The molecule has 0 fully saturated rings. The zero-order valence-corrected chi connectivity index (χ0v) is 14.4. The smallest absolute Gasteiger partial charge is 0.312 e. The molecule has 0 rings (SSSR count). The standard InChI is InChI=1S/C18H30O6/c1-2-3-4-5-6-7-8-9-10-11-12-13-17(22)24-18(23)15(19)14-16(20)21/h8-9,11-12,15,18-19,23H,2-7,10,13-14H2,1H3,(H,20,21). The van der Waals surface area contributed by atoms with Crippen LogP contribution in [0.5, 0.6) is 0 Å². The number of aliphatic carboxylic acids is 1. The molecule has 0 bridgehead atoms. The molecule has 3 N–H and O–H groups in total. The van der Waals surface area contributed by atoms with Crippen molar-refractivity contribution in [1.29, 1.82) is 0 Å². The molecule has 0 aliphatic heterocycles. The molecule has 2 atom stereocenters. The highest BCUT2D eigenvalue weighted by atomic mass is 16.6. The van der Waals surface area contributed by atoms with Crippen LogP contribution in [-0.4, -0.2) is 39.7 Å². The van der Waals surface area contributed by atoms with Gasteiger partial charge >= 0.3 is 11.9 Å². The van der Waals surface area contributed by atoms with E-state index in [2.05, 4.69) is 17.7 Å². The van der Waals surface area contributed by atoms with Gasteiger partial charge in [-0.3, -0.25) is 9.59 Å². The van der Waals surface area contributed by atoms with Crippen molar-refractivity contribution in [3.8, 4) is 0 Å². The van der Waals surface area contributed by atoms with Crippen LogP contribution in [-0.2, 0) is 14.3 Å². The van der Waals surface area contributed by atoms with Crippen LogP contribution in [0.4, 0.5) is 0 Å². The minimum atomic E-state index is -1.82. The second-order valence-electron chi connectivity index (χ2n) is 5.63. The molecule has 0 radical (unpaired) electrons. The first kappa shape index (κ1) is 22.3. The summed E-state index contributed by atoms with van der Waals surface area (Å²) in [4.78, 5) is 21.7. The topological polar surface area (TPSA) is 104 Å². The number of carboxylic acid groups (broad SMARTS) is 1. The van der Waals surface area contributed by atoms with Crippen molar-refractivity contribution >= 4 is 11.9 Å². The largest absolute Gasteiger partial charge is 0.481 e. The van der Waals surface area contributed by atoms with E-state index in [0.29, 0.717) is 6.42 Å². The number of unbranched alkanes of at least 4 members (excludes halogenated alkanes) is 5. The first-order chi connectivity index (χ1) is 11.5. The van der Waals surface area contributed by atoms with Gasteiger partial charge in [0.25, 0.3) is 0 Å². The number of aliphatic hydroxyl groups is 2. The number of aliphatic hydroxyl groups excluding tert-OH is 2. The minimum absolute atomic E-state index is 0.0400. The fourth-order valence-electron chi connectivity index (χ4n) is 1.98. The fourth-order valence-corrected chi connectivity index (χ4v) is 1.98.